The molecule has 5 heteroatoms. The van der Waals surface area contributed by atoms with Crippen LogP contribution in [0.2, 0.25) is 0 Å². The van der Waals surface area contributed by atoms with E-state index >= 15 is 0 Å². The highest BCUT2D eigenvalue weighted by atomic mass is 79.9. The highest BCUT2D eigenvalue weighted by molar-refractivity contribution is 9.09. The van der Waals surface area contributed by atoms with Gasteiger partial charge in [0.05, 0.1) is 17.3 Å². The number of nitrogens with two attached hydrogens (primary N) is 2. The number of piperazine rings is 1. The molecule has 0 saturated carbocycles. The summed E-state index contributed by atoms with van der Waals surface area (Å²) in [5.74, 6) is 0. The minimum absolute atomic E-state index is 0.126. The summed E-state index contributed by atoms with van der Waals surface area (Å²) >= 11 is 3.35. The monoisotopic (exact) mass is 194 g/mol. The van der Waals surface area contributed by atoms with E-state index in [0.717, 1.165) is 6.54 Å². The third kappa shape index (κ3) is 1.87. The van der Waals surface area contributed by atoms with Gasteiger partial charge in [0.25, 0.3) is 0 Å². The lowest BCUT2D eigenvalue weighted by molar-refractivity contribution is 0.322. The summed E-state index contributed by atoms with van der Waals surface area (Å²) in [5, 5.41) is 6.06. The lowest BCUT2D eigenvalue weighted by Gasteiger charge is -2.31. The second-order valence-electron chi connectivity index (χ2n) is 2.09. The van der Waals surface area contributed by atoms with Crippen molar-refractivity contribution >= 4 is 15.9 Å². The average Bonchev–Trinajstić information content (AvgIpc) is 1.80. The lowest BCUT2D eigenvalue weighted by atomic mass is 10.3. The molecule has 0 bridgehead atoms. The zero-order chi connectivity index (χ0) is 6.85. The second kappa shape index (κ2) is 2.94. The van der Waals surface area contributed by atoms with Crippen molar-refractivity contribution in [3.05, 3.63) is 0 Å². The second-order valence-corrected chi connectivity index (χ2v) is 3.20. The fourth-order valence-corrected chi connectivity index (χ4v) is 1.23. The summed E-state index contributed by atoms with van der Waals surface area (Å²) < 4.78 is 0. The van der Waals surface area contributed by atoms with Gasteiger partial charge in [-0.25, -0.2) is 0 Å². The van der Waals surface area contributed by atoms with E-state index < -0.39 is 0 Å². The standard InChI is InChI=1S/C4H11BrN4/c5-2-1-8-3(6)4(7)9-2/h2-4,8-9H,1,6-7H2. The maximum Gasteiger partial charge on any atom is 0.0847 e. The first kappa shape index (κ1) is 7.43. The van der Waals surface area contributed by atoms with Crippen LogP contribution >= 0.6 is 15.9 Å². The Morgan fingerprint density at radius 3 is 2.44 bits per heavy atom. The molecule has 3 unspecified atom stereocenters. The van der Waals surface area contributed by atoms with E-state index in [1.54, 1.807) is 0 Å². The zero-order valence-electron chi connectivity index (χ0n) is 4.97. The molecule has 1 rings (SSSR count). The molecular weight excluding hydrogens is 184 g/mol. The van der Waals surface area contributed by atoms with E-state index in [1.165, 1.54) is 0 Å². The predicted molar refractivity (Wildman–Crippen MR) is 39.8 cm³/mol. The van der Waals surface area contributed by atoms with E-state index in [4.69, 9.17) is 11.5 Å². The highest BCUT2D eigenvalue weighted by Gasteiger charge is 2.21. The van der Waals surface area contributed by atoms with E-state index in [2.05, 4.69) is 26.6 Å². The average molecular weight is 195 g/mol. The van der Waals surface area contributed by atoms with Gasteiger partial charge in [-0.05, 0) is 0 Å². The van der Waals surface area contributed by atoms with Crippen LogP contribution in [0.4, 0.5) is 0 Å². The molecule has 54 valence electrons. The van der Waals surface area contributed by atoms with Crippen LogP contribution in [0.1, 0.15) is 0 Å². The number of rotatable bonds is 0. The number of hydrogen-bond donors (Lipinski definition) is 4. The SMILES string of the molecule is NC1NCC(Br)NC1N. The van der Waals surface area contributed by atoms with Crippen LogP contribution in [0.15, 0.2) is 0 Å². The van der Waals surface area contributed by atoms with E-state index in [1.807, 2.05) is 0 Å². The number of alkyl halides is 1. The molecule has 0 aromatic heterocycles. The molecule has 1 aliphatic rings. The van der Waals surface area contributed by atoms with Gasteiger partial charge in [-0.2, -0.15) is 0 Å². The van der Waals surface area contributed by atoms with Crippen LogP contribution in [-0.4, -0.2) is 23.8 Å². The van der Waals surface area contributed by atoms with Gasteiger partial charge in [0.15, 0.2) is 0 Å². The molecule has 4 nitrogen and oxygen atoms in total. The molecule has 9 heavy (non-hydrogen) atoms. The molecule has 1 saturated heterocycles. The van der Waals surface area contributed by atoms with Gasteiger partial charge in [0.2, 0.25) is 0 Å². The van der Waals surface area contributed by atoms with E-state index in [-0.39, 0.29) is 17.3 Å². The molecule has 1 heterocycles. The Kier molecular flexibility index (Phi) is 2.42. The topological polar surface area (TPSA) is 76.1 Å². The fourth-order valence-electron chi connectivity index (χ4n) is 0.738. The Morgan fingerprint density at radius 1 is 1.33 bits per heavy atom. The Bertz CT molecular complexity index is 98.6. The first-order chi connectivity index (χ1) is 4.20. The lowest BCUT2D eigenvalue weighted by Crippen LogP contribution is -2.66. The van der Waals surface area contributed by atoms with Crippen molar-refractivity contribution in [1.29, 1.82) is 0 Å². The molecule has 0 spiro atoms. The van der Waals surface area contributed by atoms with Crippen molar-refractivity contribution in [1.82, 2.24) is 10.6 Å². The molecule has 3 atom stereocenters. The minimum atomic E-state index is -0.150. The predicted octanol–water partition coefficient (Wildman–Crippen LogP) is -1.53. The van der Waals surface area contributed by atoms with Gasteiger partial charge < -0.3 is 11.5 Å². The number of hydrogen-bond acceptors (Lipinski definition) is 4. The summed E-state index contributed by atoms with van der Waals surface area (Å²) in [7, 11) is 0. The van der Waals surface area contributed by atoms with Crippen molar-refractivity contribution < 1.29 is 0 Å². The van der Waals surface area contributed by atoms with Crippen molar-refractivity contribution in [2.45, 2.75) is 17.3 Å². The Balaban J connectivity index is 2.35. The molecule has 0 aliphatic carbocycles. The number of halogens is 1. The molecule has 0 amide bonds. The van der Waals surface area contributed by atoms with Crippen LogP contribution < -0.4 is 22.1 Å². The Labute approximate surface area is 62.5 Å². The fraction of sp³-hybridized carbons (Fsp3) is 1.00. The van der Waals surface area contributed by atoms with Crippen LogP contribution in [-0.2, 0) is 0 Å². The van der Waals surface area contributed by atoms with Crippen LogP contribution in [0.3, 0.4) is 0 Å². The van der Waals surface area contributed by atoms with E-state index in [0.29, 0.717) is 0 Å². The molecular formula is C4H11BrN4. The van der Waals surface area contributed by atoms with Crippen molar-refractivity contribution in [2.24, 2.45) is 11.5 Å². The summed E-state index contributed by atoms with van der Waals surface area (Å²) in [4.78, 5) is 0.243. The first-order valence-electron chi connectivity index (χ1n) is 2.85. The van der Waals surface area contributed by atoms with Gasteiger partial charge >= 0.3 is 0 Å². The first-order valence-corrected chi connectivity index (χ1v) is 3.76. The van der Waals surface area contributed by atoms with Crippen LogP contribution in [0.5, 0.6) is 0 Å². The number of nitrogens with one attached hydrogen (secondary N) is 2. The van der Waals surface area contributed by atoms with Crippen LogP contribution in [0.25, 0.3) is 0 Å². The summed E-state index contributed by atoms with van der Waals surface area (Å²) in [5.41, 5.74) is 11.1. The highest BCUT2D eigenvalue weighted by Crippen LogP contribution is 1.98. The zero-order valence-corrected chi connectivity index (χ0v) is 6.56. The third-order valence-corrected chi connectivity index (χ3v) is 1.88. The Hall–Kier alpha value is 0.320. The molecule has 1 fully saturated rings. The quantitative estimate of drug-likeness (QED) is 0.279. The van der Waals surface area contributed by atoms with Gasteiger partial charge in [-0.3, -0.25) is 10.6 Å². The summed E-state index contributed by atoms with van der Waals surface area (Å²) in [6.07, 6.45) is -0.276. The molecule has 0 aromatic carbocycles. The normalized spacial score (nSPS) is 45.0. The molecule has 1 aliphatic heterocycles. The maximum atomic E-state index is 5.54. The van der Waals surface area contributed by atoms with Crippen molar-refractivity contribution in [3.63, 3.8) is 0 Å². The van der Waals surface area contributed by atoms with Crippen molar-refractivity contribution in [2.75, 3.05) is 6.54 Å². The minimum Gasteiger partial charge on any atom is -0.313 e. The molecule has 6 N–H and O–H groups in total. The van der Waals surface area contributed by atoms with E-state index in [9.17, 15) is 0 Å². The summed E-state index contributed by atoms with van der Waals surface area (Å²) in [6.45, 7) is 0.814. The Morgan fingerprint density at radius 2 is 2.00 bits per heavy atom. The molecule has 0 radical (unpaired) electrons. The maximum absolute atomic E-state index is 5.54. The smallest absolute Gasteiger partial charge is 0.0847 e. The largest absolute Gasteiger partial charge is 0.313 e. The van der Waals surface area contributed by atoms with Gasteiger partial charge in [0, 0.05) is 6.54 Å². The van der Waals surface area contributed by atoms with Crippen molar-refractivity contribution in [3.8, 4) is 0 Å². The van der Waals surface area contributed by atoms with Crippen LogP contribution in [0, 0.1) is 0 Å². The summed E-state index contributed by atoms with van der Waals surface area (Å²) in [6, 6.07) is 0. The third-order valence-electron chi connectivity index (χ3n) is 1.29. The van der Waals surface area contributed by atoms with Gasteiger partial charge in [-0.1, -0.05) is 15.9 Å². The molecule has 0 aromatic rings. The van der Waals surface area contributed by atoms with Gasteiger partial charge in [-0.15, -0.1) is 0 Å². The van der Waals surface area contributed by atoms with Gasteiger partial charge in [0.1, 0.15) is 0 Å².